The van der Waals surface area contributed by atoms with Crippen LogP contribution < -0.4 is 9.47 Å². The van der Waals surface area contributed by atoms with Gasteiger partial charge in [0.15, 0.2) is 5.78 Å². The summed E-state index contributed by atoms with van der Waals surface area (Å²) in [5, 5.41) is 0. The third kappa shape index (κ3) is 13.0. The number of benzene rings is 2. The number of esters is 3. The fraction of sp³-hybridized carbons (Fsp3) is 0.525. The molecule has 0 aromatic heterocycles. The molecule has 0 saturated heterocycles. The minimum absolute atomic E-state index is 0.186. The number of fused-ring (bicyclic) bond motifs is 1. The van der Waals surface area contributed by atoms with Crippen molar-refractivity contribution in [3.63, 3.8) is 0 Å². The van der Waals surface area contributed by atoms with Crippen molar-refractivity contribution in [2.75, 3.05) is 13.7 Å². The summed E-state index contributed by atoms with van der Waals surface area (Å²) in [7, 11) is 1.77. The Kier molecular flexibility index (Phi) is 16.9. The van der Waals surface area contributed by atoms with Crippen molar-refractivity contribution in [1.29, 1.82) is 0 Å². The number of aryl methyl sites for hydroxylation is 1. The van der Waals surface area contributed by atoms with Crippen molar-refractivity contribution in [2.45, 2.75) is 103 Å². The van der Waals surface area contributed by atoms with Gasteiger partial charge in [0.25, 0.3) is 0 Å². The molecule has 9 nitrogen and oxygen atoms in total. The monoisotopic (exact) mass is 676 g/mol. The maximum absolute atomic E-state index is 13.2. The number of unbranched alkanes of at least 4 members (excludes halogenated alkanes) is 4. The molecule has 4 atom stereocenters. The Labute approximate surface area is 290 Å². The standard InChI is InChI=1S/C37H48O8.C3H4O/c1-4-34(39)33-24-32(19-20-35(33)45-37(41)30-16-15-29-23-31(42-3)18-17-28(29)22-30)44-36(40)27-13-11-26(12-14-27)10-8-6-5-7-9-21-43-25(2)38;1-2-3-4/h11-14,19-20,24,28-31H,4-10,15-18,21-23H2,1-3H3;2-3H,1H2. The molecule has 2 fully saturated rings. The van der Waals surface area contributed by atoms with E-state index in [4.69, 9.17) is 23.7 Å². The number of allylic oxidation sites excluding steroid dienone is 1. The Bertz CT molecular complexity index is 1390. The zero-order valence-corrected chi connectivity index (χ0v) is 29.3. The van der Waals surface area contributed by atoms with Gasteiger partial charge in [-0.05, 0) is 112 Å². The highest BCUT2D eigenvalue weighted by molar-refractivity contribution is 6.00. The zero-order chi connectivity index (χ0) is 35.6. The molecule has 9 heteroatoms. The summed E-state index contributed by atoms with van der Waals surface area (Å²) in [6, 6.07) is 12.0. The molecule has 2 aromatic carbocycles. The molecule has 2 saturated carbocycles. The minimum Gasteiger partial charge on any atom is -0.466 e. The lowest BCUT2D eigenvalue weighted by Gasteiger charge is -2.41. The molecule has 0 bridgehead atoms. The van der Waals surface area contributed by atoms with E-state index in [0.717, 1.165) is 82.6 Å². The molecular weight excluding hydrogens is 624 g/mol. The predicted octanol–water partition coefficient (Wildman–Crippen LogP) is 8.06. The van der Waals surface area contributed by atoms with E-state index < -0.39 is 5.97 Å². The highest BCUT2D eigenvalue weighted by atomic mass is 16.5. The van der Waals surface area contributed by atoms with E-state index in [2.05, 4.69) is 6.58 Å². The number of Topliss-reactive ketones (excluding diaryl/α,β-unsaturated/α-hetero) is 1. The minimum atomic E-state index is -0.520. The number of aldehydes is 1. The quantitative estimate of drug-likeness (QED) is 0.0434. The lowest BCUT2D eigenvalue weighted by Crippen LogP contribution is -2.37. The second-order valence-electron chi connectivity index (χ2n) is 12.9. The SMILES string of the molecule is C=CC=O.CCC(=O)c1cc(OC(=O)c2ccc(CCCCCCCOC(C)=O)cc2)ccc1OC(=O)C1CCC2CC(OC)CCC2C1. The van der Waals surface area contributed by atoms with E-state index in [-0.39, 0.29) is 47.1 Å². The molecule has 266 valence electrons. The molecule has 0 heterocycles. The largest absolute Gasteiger partial charge is 0.466 e. The normalized spacial score (nSPS) is 19.7. The van der Waals surface area contributed by atoms with Gasteiger partial charge in [-0.3, -0.25) is 19.2 Å². The number of carbonyl (C=O) groups excluding carboxylic acids is 5. The van der Waals surface area contributed by atoms with Gasteiger partial charge >= 0.3 is 17.9 Å². The Balaban J connectivity index is 0.00000154. The van der Waals surface area contributed by atoms with Gasteiger partial charge in [-0.15, -0.1) is 0 Å². The van der Waals surface area contributed by atoms with E-state index in [1.54, 1.807) is 38.3 Å². The molecule has 4 unspecified atom stereocenters. The third-order valence-corrected chi connectivity index (χ3v) is 9.43. The van der Waals surface area contributed by atoms with Crippen LogP contribution in [0.2, 0.25) is 0 Å². The molecule has 2 aliphatic rings. The van der Waals surface area contributed by atoms with Gasteiger partial charge in [0.2, 0.25) is 0 Å². The van der Waals surface area contributed by atoms with Crippen LogP contribution in [-0.2, 0) is 30.3 Å². The maximum Gasteiger partial charge on any atom is 0.343 e. The first-order valence-corrected chi connectivity index (χ1v) is 17.6. The van der Waals surface area contributed by atoms with Gasteiger partial charge in [0.05, 0.1) is 29.8 Å². The average molecular weight is 677 g/mol. The number of ketones is 1. The number of rotatable bonds is 16. The topological polar surface area (TPSA) is 122 Å². The summed E-state index contributed by atoms with van der Waals surface area (Å²) >= 11 is 0. The molecule has 0 radical (unpaired) electrons. The number of carbonyl (C=O) groups is 5. The summed E-state index contributed by atoms with van der Waals surface area (Å²) in [6.07, 6.45) is 14.2. The van der Waals surface area contributed by atoms with E-state index in [0.29, 0.717) is 36.4 Å². The Morgan fingerprint density at radius 1 is 0.857 bits per heavy atom. The van der Waals surface area contributed by atoms with Crippen LogP contribution in [0.25, 0.3) is 0 Å². The second-order valence-corrected chi connectivity index (χ2v) is 12.9. The van der Waals surface area contributed by atoms with Crippen LogP contribution in [0.5, 0.6) is 11.5 Å². The number of hydrogen-bond donors (Lipinski definition) is 0. The average Bonchev–Trinajstić information content (AvgIpc) is 3.12. The second kappa shape index (κ2) is 21.1. The number of hydrogen-bond acceptors (Lipinski definition) is 9. The highest BCUT2D eigenvalue weighted by Gasteiger charge is 2.38. The Hall–Kier alpha value is -4.11. The van der Waals surface area contributed by atoms with Crippen LogP contribution in [-0.4, -0.2) is 49.8 Å². The van der Waals surface area contributed by atoms with Crippen LogP contribution in [0.4, 0.5) is 0 Å². The van der Waals surface area contributed by atoms with Gasteiger partial charge < -0.3 is 18.9 Å². The van der Waals surface area contributed by atoms with E-state index in [9.17, 15) is 19.2 Å². The van der Waals surface area contributed by atoms with Crippen molar-refractivity contribution in [1.82, 2.24) is 0 Å². The third-order valence-electron chi connectivity index (χ3n) is 9.43. The number of ether oxygens (including phenoxy) is 4. The molecule has 4 rings (SSSR count). The first kappa shape index (κ1) is 39.3. The smallest absolute Gasteiger partial charge is 0.343 e. The molecule has 0 spiro atoms. The fourth-order valence-electron chi connectivity index (χ4n) is 6.69. The van der Waals surface area contributed by atoms with Crippen LogP contribution in [0.15, 0.2) is 55.1 Å². The molecule has 0 aliphatic heterocycles. The van der Waals surface area contributed by atoms with Gasteiger partial charge in [-0.25, -0.2) is 4.79 Å². The fourth-order valence-corrected chi connectivity index (χ4v) is 6.69. The van der Waals surface area contributed by atoms with Crippen molar-refractivity contribution < 1.29 is 42.9 Å². The van der Waals surface area contributed by atoms with E-state index in [1.807, 2.05) is 12.1 Å². The molecule has 0 N–H and O–H groups in total. The Morgan fingerprint density at radius 3 is 2.20 bits per heavy atom. The molecule has 49 heavy (non-hydrogen) atoms. The molecule has 0 amide bonds. The van der Waals surface area contributed by atoms with Gasteiger partial charge in [-0.2, -0.15) is 0 Å². The van der Waals surface area contributed by atoms with Crippen LogP contribution in [0.1, 0.15) is 117 Å². The Morgan fingerprint density at radius 2 is 1.53 bits per heavy atom. The summed E-state index contributed by atoms with van der Waals surface area (Å²) in [5.41, 5.74) is 1.80. The van der Waals surface area contributed by atoms with Gasteiger partial charge in [0.1, 0.15) is 17.8 Å². The molecule has 2 aromatic rings. The first-order valence-electron chi connectivity index (χ1n) is 17.6. The van der Waals surface area contributed by atoms with Crippen LogP contribution in [0.3, 0.4) is 0 Å². The van der Waals surface area contributed by atoms with E-state index in [1.165, 1.54) is 19.1 Å². The summed E-state index contributed by atoms with van der Waals surface area (Å²) in [5.74, 6) is 0.118. The molecular formula is C40H52O9. The lowest BCUT2D eigenvalue weighted by molar-refractivity contribution is -0.142. The lowest BCUT2D eigenvalue weighted by atomic mass is 9.67. The highest BCUT2D eigenvalue weighted by Crippen LogP contribution is 2.44. The van der Waals surface area contributed by atoms with E-state index >= 15 is 0 Å². The summed E-state index contributed by atoms with van der Waals surface area (Å²) in [6.45, 7) is 6.77. The van der Waals surface area contributed by atoms with Crippen LogP contribution in [0, 0.1) is 17.8 Å². The number of methoxy groups -OCH3 is 1. The van der Waals surface area contributed by atoms with Crippen molar-refractivity contribution in [3.05, 3.63) is 71.8 Å². The first-order chi connectivity index (χ1) is 23.7. The maximum atomic E-state index is 13.2. The molecule has 2 aliphatic carbocycles. The zero-order valence-electron chi connectivity index (χ0n) is 29.3. The van der Waals surface area contributed by atoms with Crippen molar-refractivity contribution in [2.24, 2.45) is 17.8 Å². The predicted molar refractivity (Wildman–Crippen MR) is 187 cm³/mol. The van der Waals surface area contributed by atoms with Gasteiger partial charge in [0, 0.05) is 20.5 Å². The van der Waals surface area contributed by atoms with Crippen molar-refractivity contribution in [3.8, 4) is 11.5 Å². The summed E-state index contributed by atoms with van der Waals surface area (Å²) < 4.78 is 22.0. The van der Waals surface area contributed by atoms with Gasteiger partial charge in [-0.1, -0.05) is 44.9 Å². The summed E-state index contributed by atoms with van der Waals surface area (Å²) in [4.78, 5) is 58.8. The van der Waals surface area contributed by atoms with Crippen molar-refractivity contribution >= 4 is 30.0 Å². The van der Waals surface area contributed by atoms with Crippen LogP contribution >= 0.6 is 0 Å².